The van der Waals surface area contributed by atoms with Crippen molar-refractivity contribution < 1.29 is 9.53 Å². The minimum absolute atomic E-state index is 0.261. The molecule has 0 fully saturated rings. The second kappa shape index (κ2) is 6.89. The molecule has 0 aliphatic rings. The number of ether oxygens (including phenoxy) is 1. The Hall–Kier alpha value is -0.573. The molecule has 0 aromatic carbocycles. The van der Waals surface area contributed by atoms with Crippen molar-refractivity contribution in [2.75, 3.05) is 6.61 Å². The molecule has 0 radical (unpaired) electrons. The summed E-state index contributed by atoms with van der Waals surface area (Å²) in [4.78, 5) is 11.2. The van der Waals surface area contributed by atoms with E-state index >= 15 is 0 Å². The zero-order valence-electron chi connectivity index (χ0n) is 11.4. The van der Waals surface area contributed by atoms with Gasteiger partial charge in [-0.25, -0.2) is 4.79 Å². The highest BCUT2D eigenvalue weighted by Crippen LogP contribution is 2.22. The van der Waals surface area contributed by atoms with Gasteiger partial charge in [-0.15, -0.1) is 0 Å². The Morgan fingerprint density at radius 1 is 1.38 bits per heavy atom. The predicted molar refractivity (Wildman–Crippen MR) is 72.3 cm³/mol. The molecule has 1 unspecified atom stereocenters. The smallest absolute Gasteiger partial charge is 0.333 e. The number of esters is 1. The van der Waals surface area contributed by atoms with E-state index in [2.05, 4.69) is 33.1 Å². The summed E-state index contributed by atoms with van der Waals surface area (Å²) in [7, 11) is -0.998. The van der Waals surface area contributed by atoms with Crippen molar-refractivity contribution in [3.05, 3.63) is 12.2 Å². The largest absolute Gasteiger partial charge is 0.462 e. The molecule has 0 N–H and O–H groups in total. The minimum atomic E-state index is -0.998. The Morgan fingerprint density at radius 3 is 2.31 bits per heavy atom. The molecular formula is C13H26O2Si. The van der Waals surface area contributed by atoms with E-state index in [4.69, 9.17) is 4.74 Å². The molecule has 0 aliphatic carbocycles. The average molecular weight is 242 g/mol. The molecule has 2 nitrogen and oxygen atoms in total. The van der Waals surface area contributed by atoms with E-state index in [1.807, 2.05) is 0 Å². The lowest BCUT2D eigenvalue weighted by molar-refractivity contribution is -0.139. The van der Waals surface area contributed by atoms with E-state index in [1.54, 1.807) is 6.92 Å². The van der Waals surface area contributed by atoms with Gasteiger partial charge in [-0.1, -0.05) is 45.6 Å². The van der Waals surface area contributed by atoms with Crippen molar-refractivity contribution >= 4 is 14.0 Å². The van der Waals surface area contributed by atoms with Gasteiger partial charge in [0.05, 0.1) is 6.61 Å². The van der Waals surface area contributed by atoms with Gasteiger partial charge >= 0.3 is 5.97 Å². The lowest BCUT2D eigenvalue weighted by Gasteiger charge is -2.23. The van der Waals surface area contributed by atoms with E-state index < -0.39 is 8.07 Å². The lowest BCUT2D eigenvalue weighted by atomic mass is 10.1. The van der Waals surface area contributed by atoms with Crippen LogP contribution in [0.4, 0.5) is 0 Å². The highest BCUT2D eigenvalue weighted by Gasteiger charge is 2.19. The molecular weight excluding hydrogens is 216 g/mol. The van der Waals surface area contributed by atoms with Gasteiger partial charge in [0.25, 0.3) is 0 Å². The summed E-state index contributed by atoms with van der Waals surface area (Å²) in [5.74, 6) is 0.437. The number of hydrogen-bond donors (Lipinski definition) is 0. The molecule has 94 valence electrons. The fourth-order valence-electron chi connectivity index (χ4n) is 1.76. The van der Waals surface area contributed by atoms with Gasteiger partial charge in [0.2, 0.25) is 0 Å². The normalized spacial score (nSPS) is 13.3. The van der Waals surface area contributed by atoms with Crippen LogP contribution in [0.5, 0.6) is 0 Å². The third-order valence-corrected chi connectivity index (χ3v) is 4.39. The summed E-state index contributed by atoms with van der Waals surface area (Å²) in [5, 5.41) is 0. The molecule has 0 saturated carbocycles. The van der Waals surface area contributed by atoms with Gasteiger partial charge in [0.15, 0.2) is 0 Å². The first-order valence-corrected chi connectivity index (χ1v) is 9.79. The molecule has 0 heterocycles. The van der Waals surface area contributed by atoms with Crippen molar-refractivity contribution in [1.29, 1.82) is 0 Å². The summed E-state index contributed by atoms with van der Waals surface area (Å²) < 4.78 is 5.13. The Morgan fingerprint density at radius 2 is 1.94 bits per heavy atom. The first-order chi connectivity index (χ1) is 7.26. The maximum atomic E-state index is 11.2. The van der Waals surface area contributed by atoms with Crippen LogP contribution in [0.1, 0.15) is 26.7 Å². The van der Waals surface area contributed by atoms with Crippen molar-refractivity contribution in [1.82, 2.24) is 0 Å². The Kier molecular flexibility index (Phi) is 6.64. The number of carbonyl (C=O) groups is 1. The zero-order chi connectivity index (χ0) is 12.8. The van der Waals surface area contributed by atoms with Gasteiger partial charge in [-0.05, 0) is 19.3 Å². The van der Waals surface area contributed by atoms with E-state index in [1.165, 1.54) is 12.5 Å². The van der Waals surface area contributed by atoms with Crippen LogP contribution in [0.25, 0.3) is 0 Å². The molecule has 0 aliphatic heterocycles. The zero-order valence-corrected chi connectivity index (χ0v) is 12.4. The quantitative estimate of drug-likeness (QED) is 0.385. The minimum Gasteiger partial charge on any atom is -0.462 e. The second-order valence-electron chi connectivity index (χ2n) is 5.74. The van der Waals surface area contributed by atoms with Crippen LogP contribution in [-0.2, 0) is 9.53 Å². The van der Waals surface area contributed by atoms with Crippen LogP contribution < -0.4 is 0 Å². The van der Waals surface area contributed by atoms with Crippen molar-refractivity contribution in [2.45, 2.75) is 52.4 Å². The third-order valence-electron chi connectivity index (χ3n) is 2.59. The number of carbonyl (C=O) groups excluding carboxylic acids is 1. The second-order valence-corrected chi connectivity index (χ2v) is 11.3. The van der Waals surface area contributed by atoms with E-state index in [0.29, 0.717) is 18.1 Å². The summed E-state index contributed by atoms with van der Waals surface area (Å²) in [5.41, 5.74) is 0.484. The summed E-state index contributed by atoms with van der Waals surface area (Å²) in [6.45, 7) is 15.2. The first kappa shape index (κ1) is 15.4. The highest BCUT2D eigenvalue weighted by atomic mass is 28.3. The van der Waals surface area contributed by atoms with Crippen LogP contribution in [-0.4, -0.2) is 20.7 Å². The Bertz CT molecular complexity index is 241. The van der Waals surface area contributed by atoms with Gasteiger partial charge < -0.3 is 4.74 Å². The summed E-state index contributed by atoms with van der Waals surface area (Å²) >= 11 is 0. The lowest BCUT2D eigenvalue weighted by Crippen LogP contribution is -2.24. The Balaban J connectivity index is 3.89. The number of hydrogen-bond acceptors (Lipinski definition) is 2. The van der Waals surface area contributed by atoms with Crippen molar-refractivity contribution in [3.8, 4) is 0 Å². The summed E-state index contributed by atoms with van der Waals surface area (Å²) in [6, 6.07) is 1.31. The predicted octanol–water partition coefficient (Wildman–Crippen LogP) is 3.86. The monoisotopic (exact) mass is 242 g/mol. The molecule has 16 heavy (non-hydrogen) atoms. The van der Waals surface area contributed by atoms with Crippen molar-refractivity contribution in [2.24, 2.45) is 5.92 Å². The average Bonchev–Trinajstić information content (AvgIpc) is 2.13. The van der Waals surface area contributed by atoms with Gasteiger partial charge in [0.1, 0.15) is 0 Å². The molecule has 0 saturated heterocycles. The maximum absolute atomic E-state index is 11.2. The molecule has 0 aromatic rings. The first-order valence-electron chi connectivity index (χ1n) is 6.09. The van der Waals surface area contributed by atoms with E-state index in [-0.39, 0.29) is 5.97 Å². The van der Waals surface area contributed by atoms with Gasteiger partial charge in [0, 0.05) is 13.6 Å². The molecule has 1 atom stereocenters. The van der Waals surface area contributed by atoms with Crippen LogP contribution >= 0.6 is 0 Å². The number of rotatable bonds is 7. The van der Waals surface area contributed by atoms with Crippen molar-refractivity contribution in [3.63, 3.8) is 0 Å². The molecule has 0 amide bonds. The highest BCUT2D eigenvalue weighted by molar-refractivity contribution is 6.76. The Labute approximate surface area is 101 Å². The van der Waals surface area contributed by atoms with E-state index in [9.17, 15) is 4.79 Å². The molecule has 0 aromatic heterocycles. The summed E-state index contributed by atoms with van der Waals surface area (Å²) in [6.07, 6.45) is 2.16. The van der Waals surface area contributed by atoms with Crippen LogP contribution in [0.15, 0.2) is 12.2 Å². The van der Waals surface area contributed by atoms with Crippen LogP contribution in [0.2, 0.25) is 25.7 Å². The SMILES string of the molecule is C=C(C)C(=O)OCCC(CC)C[Si](C)(C)C. The molecule has 0 bridgehead atoms. The molecule has 0 spiro atoms. The van der Waals surface area contributed by atoms with Crippen LogP contribution in [0, 0.1) is 5.92 Å². The maximum Gasteiger partial charge on any atom is 0.333 e. The fraction of sp³-hybridized carbons (Fsp3) is 0.769. The van der Waals surface area contributed by atoms with E-state index in [0.717, 1.165) is 6.42 Å². The topological polar surface area (TPSA) is 26.3 Å². The molecule has 3 heteroatoms. The third kappa shape index (κ3) is 7.68. The van der Waals surface area contributed by atoms with Gasteiger partial charge in [-0.2, -0.15) is 0 Å². The standard InChI is InChI=1S/C13H26O2Si/c1-7-12(10-16(4,5)6)8-9-15-13(14)11(2)3/h12H,2,7-10H2,1,3-6H3. The van der Waals surface area contributed by atoms with Gasteiger partial charge in [-0.3, -0.25) is 0 Å². The molecule has 0 rings (SSSR count). The van der Waals surface area contributed by atoms with Crippen LogP contribution in [0.3, 0.4) is 0 Å². The fourth-order valence-corrected chi connectivity index (χ4v) is 3.98.